The summed E-state index contributed by atoms with van der Waals surface area (Å²) in [6.45, 7) is 9.84. The Balaban J connectivity index is 3.29. The molecule has 1 aromatic carbocycles. The third-order valence-corrected chi connectivity index (χ3v) is 2.43. The maximum absolute atomic E-state index is 4.34. The van der Waals surface area contributed by atoms with Gasteiger partial charge in [-0.25, -0.2) is 0 Å². The number of aliphatic imine (C=N–C) groups is 1. The topological polar surface area (TPSA) is 12.4 Å². The van der Waals surface area contributed by atoms with Gasteiger partial charge in [-0.05, 0) is 31.9 Å². The molecule has 0 radical (unpaired) electrons. The molecule has 1 heteroatoms. The van der Waals surface area contributed by atoms with E-state index in [0.29, 0.717) is 0 Å². The van der Waals surface area contributed by atoms with Crippen LogP contribution in [-0.4, -0.2) is 5.71 Å². The average molecular weight is 199 g/mol. The summed E-state index contributed by atoms with van der Waals surface area (Å²) < 4.78 is 0. The van der Waals surface area contributed by atoms with Crippen LogP contribution in [-0.2, 0) is 0 Å². The van der Waals surface area contributed by atoms with E-state index < -0.39 is 0 Å². The number of nitrogens with zero attached hydrogens (tertiary/aromatic N) is 1. The van der Waals surface area contributed by atoms with Crippen molar-refractivity contribution in [2.75, 3.05) is 0 Å². The zero-order valence-electron chi connectivity index (χ0n) is 9.62. The van der Waals surface area contributed by atoms with Crippen LogP contribution < -0.4 is 0 Å². The molecule has 0 heterocycles. The minimum Gasteiger partial charge on any atom is -0.257 e. The first-order valence-corrected chi connectivity index (χ1v) is 5.08. The predicted molar refractivity (Wildman–Crippen MR) is 67.3 cm³/mol. The molecule has 0 saturated carbocycles. The second-order valence-electron chi connectivity index (χ2n) is 3.45. The Hall–Kier alpha value is -1.63. The van der Waals surface area contributed by atoms with Gasteiger partial charge in [0.1, 0.15) is 0 Å². The fourth-order valence-corrected chi connectivity index (χ4v) is 1.45. The van der Waals surface area contributed by atoms with Gasteiger partial charge >= 0.3 is 0 Å². The Morgan fingerprint density at radius 2 is 2.00 bits per heavy atom. The van der Waals surface area contributed by atoms with Gasteiger partial charge in [-0.15, -0.1) is 0 Å². The number of rotatable bonds is 3. The van der Waals surface area contributed by atoms with Gasteiger partial charge in [0.25, 0.3) is 0 Å². The highest BCUT2D eigenvalue weighted by molar-refractivity contribution is 6.13. The minimum absolute atomic E-state index is 1.01. The number of allylic oxidation sites excluding steroid dienone is 2. The van der Waals surface area contributed by atoms with Gasteiger partial charge in [0.05, 0.1) is 5.71 Å². The van der Waals surface area contributed by atoms with Gasteiger partial charge < -0.3 is 0 Å². The SMILES string of the molecule is C=CN=C(/C(C)=C\C)c1ccccc1C. The van der Waals surface area contributed by atoms with E-state index in [1.807, 2.05) is 19.1 Å². The molecule has 0 fully saturated rings. The smallest absolute Gasteiger partial charge is 0.0730 e. The van der Waals surface area contributed by atoms with E-state index in [1.54, 1.807) is 6.20 Å². The second-order valence-corrected chi connectivity index (χ2v) is 3.45. The summed E-state index contributed by atoms with van der Waals surface area (Å²) in [5.74, 6) is 0. The van der Waals surface area contributed by atoms with Crippen LogP contribution in [0.1, 0.15) is 25.0 Å². The van der Waals surface area contributed by atoms with Crippen molar-refractivity contribution < 1.29 is 0 Å². The lowest BCUT2D eigenvalue weighted by Crippen LogP contribution is -2.04. The molecule has 0 unspecified atom stereocenters. The largest absolute Gasteiger partial charge is 0.257 e. The Bertz CT molecular complexity index is 411. The highest BCUT2D eigenvalue weighted by atomic mass is 14.7. The third-order valence-electron chi connectivity index (χ3n) is 2.43. The van der Waals surface area contributed by atoms with Crippen molar-refractivity contribution in [3.63, 3.8) is 0 Å². The molecule has 0 amide bonds. The van der Waals surface area contributed by atoms with Crippen molar-refractivity contribution >= 4 is 5.71 Å². The van der Waals surface area contributed by atoms with E-state index in [0.717, 1.165) is 5.71 Å². The van der Waals surface area contributed by atoms with Gasteiger partial charge in [0, 0.05) is 11.8 Å². The molecule has 0 N–H and O–H groups in total. The average Bonchev–Trinajstić information content (AvgIpc) is 2.26. The highest BCUT2D eigenvalue weighted by Gasteiger charge is 2.06. The van der Waals surface area contributed by atoms with Crippen LogP contribution in [0.5, 0.6) is 0 Å². The molecule has 0 aliphatic rings. The van der Waals surface area contributed by atoms with Crippen LogP contribution in [0.15, 0.2) is 53.7 Å². The first kappa shape index (κ1) is 11.4. The quantitative estimate of drug-likeness (QED) is 0.655. The molecule has 0 spiro atoms. The summed E-state index contributed by atoms with van der Waals surface area (Å²) in [6.07, 6.45) is 3.66. The van der Waals surface area contributed by atoms with E-state index in [1.165, 1.54) is 16.7 Å². The summed E-state index contributed by atoms with van der Waals surface area (Å²) in [4.78, 5) is 4.34. The molecule has 0 saturated heterocycles. The molecule has 0 bridgehead atoms. The predicted octanol–water partition coefficient (Wildman–Crippen LogP) is 3.89. The molecule has 78 valence electrons. The Morgan fingerprint density at radius 3 is 2.53 bits per heavy atom. The summed E-state index contributed by atoms with van der Waals surface area (Å²) in [5, 5.41) is 0. The molecule has 15 heavy (non-hydrogen) atoms. The van der Waals surface area contributed by atoms with Crippen molar-refractivity contribution in [3.05, 3.63) is 59.8 Å². The molecule has 0 atom stereocenters. The van der Waals surface area contributed by atoms with Crippen LogP contribution in [0.2, 0.25) is 0 Å². The van der Waals surface area contributed by atoms with Crippen molar-refractivity contribution in [3.8, 4) is 0 Å². The summed E-state index contributed by atoms with van der Waals surface area (Å²) >= 11 is 0. The van der Waals surface area contributed by atoms with Gasteiger partial charge in [0.15, 0.2) is 0 Å². The highest BCUT2D eigenvalue weighted by Crippen LogP contribution is 2.14. The maximum atomic E-state index is 4.34. The Kier molecular flexibility index (Phi) is 4.04. The van der Waals surface area contributed by atoms with Crippen LogP contribution in [0.4, 0.5) is 0 Å². The number of benzene rings is 1. The van der Waals surface area contributed by atoms with Crippen molar-refractivity contribution in [2.45, 2.75) is 20.8 Å². The third kappa shape index (κ3) is 2.66. The second kappa shape index (κ2) is 5.30. The first-order valence-electron chi connectivity index (χ1n) is 5.08. The molecule has 0 aromatic heterocycles. The van der Waals surface area contributed by atoms with Crippen LogP contribution >= 0.6 is 0 Å². The van der Waals surface area contributed by atoms with E-state index in [4.69, 9.17) is 0 Å². The van der Waals surface area contributed by atoms with Crippen LogP contribution in [0.25, 0.3) is 0 Å². The molecule has 0 aliphatic carbocycles. The fourth-order valence-electron chi connectivity index (χ4n) is 1.45. The Labute approximate surface area is 91.9 Å². The lowest BCUT2D eigenvalue weighted by Gasteiger charge is -2.08. The van der Waals surface area contributed by atoms with Gasteiger partial charge in [-0.1, -0.05) is 36.9 Å². The van der Waals surface area contributed by atoms with Crippen LogP contribution in [0.3, 0.4) is 0 Å². The molecular weight excluding hydrogens is 182 g/mol. The monoisotopic (exact) mass is 199 g/mol. The van der Waals surface area contributed by atoms with Gasteiger partial charge in [-0.2, -0.15) is 0 Å². The molecule has 0 aliphatic heterocycles. The first-order chi connectivity index (χ1) is 7.20. The molecular formula is C14H17N. The zero-order chi connectivity index (χ0) is 11.3. The van der Waals surface area contributed by atoms with E-state index in [-0.39, 0.29) is 0 Å². The standard InChI is InChI=1S/C14H17N/c1-5-11(3)14(15-6-2)13-10-8-7-9-12(13)4/h5-10H,2H2,1,3-4H3/b11-5-,15-14?. The fraction of sp³-hybridized carbons (Fsp3) is 0.214. The molecule has 1 aromatic rings. The van der Waals surface area contributed by atoms with Crippen LogP contribution in [0, 0.1) is 6.92 Å². The lowest BCUT2D eigenvalue weighted by molar-refractivity contribution is 1.39. The summed E-state index contributed by atoms with van der Waals surface area (Å²) in [6, 6.07) is 8.25. The van der Waals surface area contributed by atoms with Crippen molar-refractivity contribution in [1.29, 1.82) is 0 Å². The summed E-state index contributed by atoms with van der Waals surface area (Å²) in [7, 11) is 0. The van der Waals surface area contributed by atoms with Crippen molar-refractivity contribution in [2.24, 2.45) is 4.99 Å². The normalized spacial score (nSPS) is 12.7. The zero-order valence-corrected chi connectivity index (χ0v) is 9.62. The lowest BCUT2D eigenvalue weighted by atomic mass is 9.99. The van der Waals surface area contributed by atoms with Crippen molar-refractivity contribution in [1.82, 2.24) is 0 Å². The number of aryl methyl sites for hydroxylation is 1. The van der Waals surface area contributed by atoms with E-state index in [9.17, 15) is 0 Å². The number of hydrogen-bond donors (Lipinski definition) is 0. The summed E-state index contributed by atoms with van der Waals surface area (Å²) in [5.41, 5.74) is 4.59. The molecule has 1 nitrogen and oxygen atoms in total. The van der Waals surface area contributed by atoms with E-state index in [2.05, 4.69) is 43.6 Å². The minimum atomic E-state index is 1.01. The molecule has 1 rings (SSSR count). The Morgan fingerprint density at radius 1 is 1.33 bits per heavy atom. The van der Waals surface area contributed by atoms with Gasteiger partial charge in [-0.3, -0.25) is 4.99 Å². The maximum Gasteiger partial charge on any atom is 0.0730 e. The number of hydrogen-bond acceptors (Lipinski definition) is 1. The van der Waals surface area contributed by atoms with E-state index >= 15 is 0 Å². The van der Waals surface area contributed by atoms with Gasteiger partial charge in [0.2, 0.25) is 0 Å².